The Morgan fingerprint density at radius 1 is 1.29 bits per heavy atom. The summed E-state index contributed by atoms with van der Waals surface area (Å²) < 4.78 is 36.9. The minimum atomic E-state index is -4.38. The molecular formula is C10H13F3N2OS. The lowest BCUT2D eigenvalue weighted by Crippen LogP contribution is -2.28. The summed E-state index contributed by atoms with van der Waals surface area (Å²) in [6.07, 6.45) is -1.73. The predicted octanol–water partition coefficient (Wildman–Crippen LogP) is 2.88. The van der Waals surface area contributed by atoms with E-state index >= 15 is 0 Å². The predicted molar refractivity (Wildman–Crippen MR) is 59.0 cm³/mol. The van der Waals surface area contributed by atoms with Crippen LogP contribution in [0.2, 0.25) is 0 Å². The average molecular weight is 266 g/mol. The molecule has 2 N–H and O–H groups in total. The Balaban J connectivity index is 1.93. The molecule has 0 bridgehead atoms. The van der Waals surface area contributed by atoms with E-state index in [-0.39, 0.29) is 12.1 Å². The minimum Gasteiger partial charge on any atom is -0.393 e. The quantitative estimate of drug-likeness (QED) is 0.865. The summed E-state index contributed by atoms with van der Waals surface area (Å²) in [6, 6.07) is 0.116. The van der Waals surface area contributed by atoms with Gasteiger partial charge in [-0.05, 0) is 25.7 Å². The average Bonchev–Trinajstić information content (AvgIpc) is 2.69. The zero-order valence-electron chi connectivity index (χ0n) is 9.00. The molecule has 7 heteroatoms. The van der Waals surface area contributed by atoms with Crippen LogP contribution in [0, 0.1) is 0 Å². The van der Waals surface area contributed by atoms with Gasteiger partial charge in [-0.2, -0.15) is 13.2 Å². The molecule has 0 spiro atoms. The first-order valence-corrected chi connectivity index (χ1v) is 6.30. The SMILES string of the molecule is OC1CCC(Nc2nc(C(F)(F)F)cs2)CC1. The summed E-state index contributed by atoms with van der Waals surface area (Å²) >= 11 is 0.966. The number of alkyl halides is 3. The molecule has 3 nitrogen and oxygen atoms in total. The molecule has 17 heavy (non-hydrogen) atoms. The van der Waals surface area contributed by atoms with Crippen LogP contribution >= 0.6 is 11.3 Å². The number of halogens is 3. The molecule has 1 heterocycles. The number of rotatable bonds is 2. The van der Waals surface area contributed by atoms with Crippen molar-refractivity contribution in [2.24, 2.45) is 0 Å². The number of aliphatic hydroxyl groups is 1. The zero-order chi connectivity index (χ0) is 12.5. The highest BCUT2D eigenvalue weighted by Crippen LogP contribution is 2.32. The normalized spacial score (nSPS) is 25.9. The Hall–Kier alpha value is -0.820. The smallest absolute Gasteiger partial charge is 0.393 e. The van der Waals surface area contributed by atoms with Crippen LogP contribution in [0.4, 0.5) is 18.3 Å². The topological polar surface area (TPSA) is 45.1 Å². The third-order valence-corrected chi connectivity index (χ3v) is 3.59. The molecule has 0 aromatic carbocycles. The number of thiazole rings is 1. The van der Waals surface area contributed by atoms with E-state index in [1.54, 1.807) is 0 Å². The molecule has 0 radical (unpaired) electrons. The summed E-state index contributed by atoms with van der Waals surface area (Å²) in [5.41, 5.74) is -0.846. The Morgan fingerprint density at radius 3 is 2.47 bits per heavy atom. The number of aromatic nitrogens is 1. The Kier molecular flexibility index (Phi) is 3.58. The number of hydrogen-bond donors (Lipinski definition) is 2. The Bertz CT molecular complexity index is 372. The van der Waals surface area contributed by atoms with E-state index < -0.39 is 11.9 Å². The van der Waals surface area contributed by atoms with Crippen LogP contribution in [0.3, 0.4) is 0 Å². The highest BCUT2D eigenvalue weighted by molar-refractivity contribution is 7.13. The highest BCUT2D eigenvalue weighted by atomic mass is 32.1. The van der Waals surface area contributed by atoms with Crippen molar-refractivity contribution >= 4 is 16.5 Å². The molecule has 1 aromatic rings. The van der Waals surface area contributed by atoms with Crippen LogP contribution in [0.25, 0.3) is 0 Å². The first kappa shape index (κ1) is 12.6. The molecule has 1 aliphatic rings. The van der Waals surface area contributed by atoms with E-state index in [2.05, 4.69) is 10.3 Å². The van der Waals surface area contributed by atoms with Gasteiger partial charge in [-0.25, -0.2) is 4.98 Å². The largest absolute Gasteiger partial charge is 0.434 e. The summed E-state index contributed by atoms with van der Waals surface area (Å²) in [4.78, 5) is 3.51. The van der Waals surface area contributed by atoms with Gasteiger partial charge in [-0.3, -0.25) is 0 Å². The maximum Gasteiger partial charge on any atom is 0.434 e. The van der Waals surface area contributed by atoms with Gasteiger partial charge in [0.2, 0.25) is 0 Å². The van der Waals surface area contributed by atoms with E-state index in [1.165, 1.54) is 0 Å². The fourth-order valence-corrected chi connectivity index (χ4v) is 2.66. The third kappa shape index (κ3) is 3.32. The molecule has 1 fully saturated rings. The van der Waals surface area contributed by atoms with Gasteiger partial charge in [0, 0.05) is 11.4 Å². The van der Waals surface area contributed by atoms with Crippen molar-refractivity contribution in [3.63, 3.8) is 0 Å². The van der Waals surface area contributed by atoms with Gasteiger partial charge in [0.15, 0.2) is 10.8 Å². The van der Waals surface area contributed by atoms with Gasteiger partial charge < -0.3 is 10.4 Å². The van der Waals surface area contributed by atoms with Gasteiger partial charge in [0.05, 0.1) is 6.10 Å². The van der Waals surface area contributed by atoms with Gasteiger partial charge in [0.25, 0.3) is 0 Å². The summed E-state index contributed by atoms with van der Waals surface area (Å²) in [7, 11) is 0. The minimum absolute atomic E-state index is 0.116. The first-order chi connectivity index (χ1) is 7.95. The van der Waals surface area contributed by atoms with Crippen LogP contribution in [0.1, 0.15) is 31.4 Å². The van der Waals surface area contributed by atoms with Crippen LogP contribution in [0.5, 0.6) is 0 Å². The number of aliphatic hydroxyl groups excluding tert-OH is 1. The van der Waals surface area contributed by atoms with Crippen LogP contribution < -0.4 is 5.32 Å². The van der Waals surface area contributed by atoms with Crippen molar-refractivity contribution in [1.29, 1.82) is 0 Å². The van der Waals surface area contributed by atoms with Crippen molar-refractivity contribution < 1.29 is 18.3 Å². The van der Waals surface area contributed by atoms with E-state index in [0.717, 1.165) is 29.6 Å². The van der Waals surface area contributed by atoms with Gasteiger partial charge in [-0.15, -0.1) is 11.3 Å². The second kappa shape index (κ2) is 4.81. The molecule has 0 unspecified atom stereocenters. The molecule has 1 saturated carbocycles. The van der Waals surface area contributed by atoms with E-state index in [0.29, 0.717) is 18.0 Å². The second-order valence-corrected chi connectivity index (χ2v) is 5.04. The maximum absolute atomic E-state index is 12.3. The van der Waals surface area contributed by atoms with E-state index in [1.807, 2.05) is 0 Å². The van der Waals surface area contributed by atoms with Crippen molar-refractivity contribution in [3.8, 4) is 0 Å². The Labute approximate surface area is 101 Å². The molecule has 96 valence electrons. The molecule has 0 saturated heterocycles. The highest BCUT2D eigenvalue weighted by Gasteiger charge is 2.34. The standard InChI is InChI=1S/C10H13F3N2OS/c11-10(12,13)8-5-17-9(15-8)14-6-1-3-7(16)4-2-6/h5-7,16H,1-4H2,(H,14,15). The lowest BCUT2D eigenvalue weighted by molar-refractivity contribution is -0.140. The van der Waals surface area contributed by atoms with Crippen LogP contribution in [-0.4, -0.2) is 22.2 Å². The van der Waals surface area contributed by atoms with Gasteiger partial charge >= 0.3 is 6.18 Å². The fourth-order valence-electron chi connectivity index (χ4n) is 1.87. The van der Waals surface area contributed by atoms with E-state index in [4.69, 9.17) is 0 Å². The number of nitrogens with zero attached hydrogens (tertiary/aromatic N) is 1. The molecular weight excluding hydrogens is 253 g/mol. The second-order valence-electron chi connectivity index (χ2n) is 4.19. The molecule has 2 rings (SSSR count). The molecule has 0 atom stereocenters. The van der Waals surface area contributed by atoms with Crippen LogP contribution in [-0.2, 0) is 6.18 Å². The summed E-state index contributed by atoms with van der Waals surface area (Å²) in [5.74, 6) is 0. The maximum atomic E-state index is 12.3. The third-order valence-electron chi connectivity index (χ3n) is 2.82. The lowest BCUT2D eigenvalue weighted by Gasteiger charge is -2.25. The van der Waals surface area contributed by atoms with Crippen LogP contribution in [0.15, 0.2) is 5.38 Å². The number of hydrogen-bond acceptors (Lipinski definition) is 4. The van der Waals surface area contributed by atoms with Gasteiger partial charge in [-0.1, -0.05) is 0 Å². The lowest BCUT2D eigenvalue weighted by atomic mass is 9.93. The number of nitrogens with one attached hydrogen (secondary N) is 1. The van der Waals surface area contributed by atoms with E-state index in [9.17, 15) is 18.3 Å². The Morgan fingerprint density at radius 2 is 1.94 bits per heavy atom. The fraction of sp³-hybridized carbons (Fsp3) is 0.700. The molecule has 1 aromatic heterocycles. The molecule has 0 aliphatic heterocycles. The summed E-state index contributed by atoms with van der Waals surface area (Å²) in [6.45, 7) is 0. The van der Waals surface area contributed by atoms with Gasteiger partial charge in [0.1, 0.15) is 0 Å². The monoisotopic (exact) mass is 266 g/mol. The van der Waals surface area contributed by atoms with Crippen molar-refractivity contribution in [2.45, 2.75) is 44.0 Å². The molecule has 0 amide bonds. The zero-order valence-corrected chi connectivity index (χ0v) is 9.81. The summed E-state index contributed by atoms with van der Waals surface area (Å²) in [5, 5.41) is 13.6. The number of anilines is 1. The van der Waals surface area contributed by atoms with Crippen molar-refractivity contribution in [2.75, 3.05) is 5.32 Å². The van der Waals surface area contributed by atoms with Crippen molar-refractivity contribution in [1.82, 2.24) is 4.98 Å². The van der Waals surface area contributed by atoms with Crippen molar-refractivity contribution in [3.05, 3.63) is 11.1 Å². The first-order valence-electron chi connectivity index (χ1n) is 5.42. The molecule has 1 aliphatic carbocycles.